The molecule has 0 fully saturated rings. The van der Waals surface area contributed by atoms with Gasteiger partial charge < -0.3 is 20.7 Å². The van der Waals surface area contributed by atoms with E-state index in [0.29, 0.717) is 24.5 Å². The van der Waals surface area contributed by atoms with Gasteiger partial charge in [0.15, 0.2) is 0 Å². The Hall–Kier alpha value is -3.45. The molecule has 2 aromatic carbocycles. The van der Waals surface area contributed by atoms with E-state index in [1.54, 1.807) is 19.4 Å². The molecule has 0 aliphatic carbocycles. The van der Waals surface area contributed by atoms with Crippen LogP contribution in [0.25, 0.3) is 0 Å². The lowest BCUT2D eigenvalue weighted by atomic mass is 9.91. The van der Waals surface area contributed by atoms with E-state index in [0.717, 1.165) is 22.6 Å². The quantitative estimate of drug-likeness (QED) is 0.673. The molecule has 1 aliphatic heterocycles. The third-order valence-electron chi connectivity index (χ3n) is 5.42. The monoisotopic (exact) mass is 389 g/mol. The Morgan fingerprint density at radius 2 is 1.97 bits per heavy atom. The van der Waals surface area contributed by atoms with Crippen molar-refractivity contribution in [2.24, 2.45) is 5.73 Å². The molecule has 1 amide bonds. The van der Waals surface area contributed by atoms with Gasteiger partial charge in [-0.15, -0.1) is 0 Å². The number of carbonyl (C=O) groups excluding carboxylic acids is 1. The molecule has 7 nitrogen and oxygen atoms in total. The van der Waals surface area contributed by atoms with Gasteiger partial charge in [0.05, 0.1) is 12.6 Å². The van der Waals surface area contributed by atoms with Crippen LogP contribution in [0.1, 0.15) is 28.4 Å². The van der Waals surface area contributed by atoms with Gasteiger partial charge in [0.25, 0.3) is 5.91 Å². The first-order valence-corrected chi connectivity index (χ1v) is 9.37. The molecule has 4 rings (SSSR count). The van der Waals surface area contributed by atoms with E-state index in [1.807, 2.05) is 54.3 Å². The van der Waals surface area contributed by atoms with E-state index >= 15 is 0 Å². The molecule has 2 heterocycles. The molecule has 3 aromatic rings. The highest BCUT2D eigenvalue weighted by molar-refractivity contribution is 6.00. The van der Waals surface area contributed by atoms with Gasteiger partial charge in [-0.2, -0.15) is 0 Å². The number of benzene rings is 2. The first-order chi connectivity index (χ1) is 14.0. The summed E-state index contributed by atoms with van der Waals surface area (Å²) in [5.41, 5.74) is 9.04. The number of nitrogens with one attached hydrogen (secondary N) is 1. The van der Waals surface area contributed by atoms with Gasteiger partial charge in [-0.25, -0.2) is 9.97 Å². The minimum atomic E-state index is -0.601. The fourth-order valence-electron chi connectivity index (χ4n) is 3.66. The highest BCUT2D eigenvalue weighted by Gasteiger charge is 2.45. The zero-order valence-corrected chi connectivity index (χ0v) is 16.4. The summed E-state index contributed by atoms with van der Waals surface area (Å²) in [6.45, 7) is 2.80. The van der Waals surface area contributed by atoms with Crippen molar-refractivity contribution >= 4 is 17.4 Å². The number of rotatable bonds is 6. The molecule has 0 saturated carbocycles. The number of aromatic nitrogens is 2. The summed E-state index contributed by atoms with van der Waals surface area (Å²) in [6.07, 6.45) is 3.16. The van der Waals surface area contributed by atoms with Gasteiger partial charge in [0.1, 0.15) is 17.9 Å². The average Bonchev–Trinajstić information content (AvgIpc) is 2.97. The second kappa shape index (κ2) is 7.52. The van der Waals surface area contributed by atoms with Gasteiger partial charge in [-0.05, 0) is 54.4 Å². The van der Waals surface area contributed by atoms with Crippen molar-refractivity contribution in [3.8, 4) is 5.75 Å². The van der Waals surface area contributed by atoms with E-state index in [2.05, 4.69) is 15.3 Å². The van der Waals surface area contributed by atoms with Crippen LogP contribution < -0.4 is 15.8 Å². The maximum absolute atomic E-state index is 13.2. The van der Waals surface area contributed by atoms with Crippen LogP contribution in [-0.2, 0) is 12.1 Å². The zero-order chi connectivity index (χ0) is 20.4. The van der Waals surface area contributed by atoms with Gasteiger partial charge in [-0.1, -0.05) is 12.1 Å². The lowest BCUT2D eigenvalue weighted by Gasteiger charge is -2.35. The standard InChI is InChI=1S/C22H23N5O2/c1-22(13-23)19-11-16(26-20-9-10-24-14-25-20)5-8-18(19)21(28)27(22)12-15-3-6-17(29-2)7-4-15/h3-11,14H,12-13,23H2,1-2H3,(H,24,25,26). The molecular formula is C22H23N5O2. The van der Waals surface area contributed by atoms with Crippen LogP contribution in [0.2, 0.25) is 0 Å². The molecule has 1 unspecified atom stereocenters. The van der Waals surface area contributed by atoms with Crippen molar-refractivity contribution < 1.29 is 9.53 Å². The Kier molecular flexibility index (Phi) is 4.90. The molecule has 1 aliphatic rings. The third-order valence-corrected chi connectivity index (χ3v) is 5.42. The minimum Gasteiger partial charge on any atom is -0.497 e. The normalized spacial score (nSPS) is 17.9. The molecule has 7 heteroatoms. The second-order valence-electron chi connectivity index (χ2n) is 7.20. The maximum atomic E-state index is 13.2. The summed E-state index contributed by atoms with van der Waals surface area (Å²) in [7, 11) is 1.63. The van der Waals surface area contributed by atoms with Crippen molar-refractivity contribution in [2.45, 2.75) is 19.0 Å². The van der Waals surface area contributed by atoms with Crippen molar-refractivity contribution in [3.63, 3.8) is 0 Å². The fourth-order valence-corrected chi connectivity index (χ4v) is 3.66. The van der Waals surface area contributed by atoms with Gasteiger partial charge >= 0.3 is 0 Å². The van der Waals surface area contributed by atoms with Crippen molar-refractivity contribution in [3.05, 3.63) is 77.7 Å². The van der Waals surface area contributed by atoms with Crippen LogP contribution in [-0.4, -0.2) is 34.4 Å². The van der Waals surface area contributed by atoms with Crippen LogP contribution in [0.3, 0.4) is 0 Å². The summed E-state index contributed by atoms with van der Waals surface area (Å²) in [5.74, 6) is 1.46. The number of amides is 1. The zero-order valence-electron chi connectivity index (χ0n) is 16.4. The van der Waals surface area contributed by atoms with E-state index in [-0.39, 0.29) is 5.91 Å². The first kappa shape index (κ1) is 18.9. The second-order valence-corrected chi connectivity index (χ2v) is 7.20. The molecule has 0 bridgehead atoms. The molecular weight excluding hydrogens is 366 g/mol. The summed E-state index contributed by atoms with van der Waals surface area (Å²) >= 11 is 0. The van der Waals surface area contributed by atoms with E-state index in [4.69, 9.17) is 10.5 Å². The number of hydrogen-bond donors (Lipinski definition) is 2. The lowest BCUT2D eigenvalue weighted by molar-refractivity contribution is 0.0575. The Bertz CT molecular complexity index is 1020. The molecule has 1 atom stereocenters. The highest BCUT2D eigenvalue weighted by Crippen LogP contribution is 2.41. The van der Waals surface area contributed by atoms with E-state index in [1.165, 1.54) is 6.33 Å². The average molecular weight is 389 g/mol. The van der Waals surface area contributed by atoms with Gasteiger partial charge in [0.2, 0.25) is 0 Å². The highest BCUT2D eigenvalue weighted by atomic mass is 16.5. The van der Waals surface area contributed by atoms with Crippen LogP contribution >= 0.6 is 0 Å². The maximum Gasteiger partial charge on any atom is 0.255 e. The number of fused-ring (bicyclic) bond motifs is 1. The van der Waals surface area contributed by atoms with E-state index < -0.39 is 5.54 Å². The fraction of sp³-hybridized carbons (Fsp3) is 0.227. The first-order valence-electron chi connectivity index (χ1n) is 9.37. The Morgan fingerprint density at radius 3 is 2.62 bits per heavy atom. The SMILES string of the molecule is COc1ccc(CN2C(=O)c3ccc(Nc4ccncn4)cc3C2(C)CN)cc1. The predicted molar refractivity (Wildman–Crippen MR) is 111 cm³/mol. The molecule has 1 aromatic heterocycles. The minimum absolute atomic E-state index is 0.0163. The van der Waals surface area contributed by atoms with Crippen LogP contribution in [0.4, 0.5) is 11.5 Å². The van der Waals surface area contributed by atoms with E-state index in [9.17, 15) is 4.79 Å². The molecule has 0 spiro atoms. The smallest absolute Gasteiger partial charge is 0.255 e. The predicted octanol–water partition coefficient (Wildman–Crippen LogP) is 3.06. The number of nitrogens with two attached hydrogens (primary N) is 1. The number of hydrogen-bond acceptors (Lipinski definition) is 6. The third kappa shape index (κ3) is 3.40. The van der Waals surface area contributed by atoms with Crippen molar-refractivity contribution in [2.75, 3.05) is 19.0 Å². The van der Waals surface area contributed by atoms with Gasteiger partial charge in [0, 0.05) is 30.5 Å². The largest absolute Gasteiger partial charge is 0.497 e. The van der Waals surface area contributed by atoms with Gasteiger partial charge in [-0.3, -0.25) is 4.79 Å². The molecule has 0 saturated heterocycles. The number of anilines is 2. The van der Waals surface area contributed by atoms with Crippen LogP contribution in [0.15, 0.2) is 61.1 Å². The number of carbonyl (C=O) groups is 1. The number of methoxy groups -OCH3 is 1. The number of nitrogens with zero attached hydrogens (tertiary/aromatic N) is 3. The van der Waals surface area contributed by atoms with Crippen LogP contribution in [0.5, 0.6) is 5.75 Å². The molecule has 29 heavy (non-hydrogen) atoms. The Labute approximate surface area is 169 Å². The summed E-state index contributed by atoms with van der Waals surface area (Å²) in [4.78, 5) is 23.1. The molecule has 0 radical (unpaired) electrons. The lowest BCUT2D eigenvalue weighted by Crippen LogP contribution is -2.46. The van der Waals surface area contributed by atoms with Crippen LogP contribution in [0, 0.1) is 0 Å². The summed E-state index contributed by atoms with van der Waals surface area (Å²) < 4.78 is 5.22. The topological polar surface area (TPSA) is 93.4 Å². The Balaban J connectivity index is 1.65. The Morgan fingerprint density at radius 1 is 1.17 bits per heavy atom. The van der Waals surface area contributed by atoms with Crippen molar-refractivity contribution in [1.29, 1.82) is 0 Å². The molecule has 148 valence electrons. The number of ether oxygens (including phenoxy) is 1. The van der Waals surface area contributed by atoms with Crippen molar-refractivity contribution in [1.82, 2.24) is 14.9 Å². The summed E-state index contributed by atoms with van der Waals surface area (Å²) in [5, 5.41) is 3.25. The molecule has 3 N–H and O–H groups in total. The summed E-state index contributed by atoms with van der Waals surface area (Å²) in [6, 6.07) is 15.2.